The number of rotatable bonds is 1. The fourth-order valence-corrected chi connectivity index (χ4v) is 1.60. The number of nitrogens with zero attached hydrogens (tertiary/aromatic N) is 3. The fourth-order valence-electron chi connectivity index (χ4n) is 1.60. The number of piperazine rings is 1. The number of hydrogen-bond donors (Lipinski definition) is 0. The van der Waals surface area contributed by atoms with E-state index in [4.69, 9.17) is 4.74 Å². The van der Waals surface area contributed by atoms with Crippen molar-refractivity contribution in [1.82, 2.24) is 9.91 Å². The summed E-state index contributed by atoms with van der Waals surface area (Å²) in [6.07, 6.45) is -0.328. The van der Waals surface area contributed by atoms with Gasteiger partial charge in [0.1, 0.15) is 5.60 Å². The second-order valence-electron chi connectivity index (χ2n) is 5.02. The van der Waals surface area contributed by atoms with Crippen molar-refractivity contribution < 1.29 is 9.53 Å². The minimum atomic E-state index is -0.489. The van der Waals surface area contributed by atoms with Crippen LogP contribution in [0.15, 0.2) is 5.29 Å². The summed E-state index contributed by atoms with van der Waals surface area (Å²) in [5, 5.41) is 4.29. The van der Waals surface area contributed by atoms with E-state index in [-0.39, 0.29) is 12.1 Å². The predicted octanol–water partition coefficient (Wildman–Crippen LogP) is 1.61. The second kappa shape index (κ2) is 4.67. The third-order valence-corrected chi connectivity index (χ3v) is 2.35. The largest absolute Gasteiger partial charge is 0.444 e. The van der Waals surface area contributed by atoms with E-state index in [1.54, 1.807) is 4.90 Å². The van der Waals surface area contributed by atoms with Crippen LogP contribution in [-0.4, -0.2) is 47.3 Å². The number of carbonyl (C=O) groups is 1. The molecule has 1 amide bonds. The van der Waals surface area contributed by atoms with Crippen LogP contribution < -0.4 is 0 Å². The average molecular weight is 229 g/mol. The molecule has 1 aliphatic rings. The first-order chi connectivity index (χ1) is 7.33. The molecule has 0 radical (unpaired) electrons. The molecule has 0 aromatic heterocycles. The van der Waals surface area contributed by atoms with Gasteiger partial charge in [0.15, 0.2) is 0 Å². The Morgan fingerprint density at radius 1 is 1.38 bits per heavy atom. The second-order valence-corrected chi connectivity index (χ2v) is 5.02. The summed E-state index contributed by atoms with van der Waals surface area (Å²) < 4.78 is 5.28. The van der Waals surface area contributed by atoms with Gasteiger partial charge in [0.25, 0.3) is 0 Å². The molecule has 1 saturated heterocycles. The molecule has 0 unspecified atom stereocenters. The highest BCUT2D eigenvalue weighted by Crippen LogP contribution is 2.15. The summed E-state index contributed by atoms with van der Waals surface area (Å²) in [7, 11) is 0. The van der Waals surface area contributed by atoms with Gasteiger partial charge in [-0.25, -0.2) is 4.79 Å². The molecule has 16 heavy (non-hydrogen) atoms. The van der Waals surface area contributed by atoms with Crippen LogP contribution in [0.5, 0.6) is 0 Å². The first kappa shape index (κ1) is 12.7. The third-order valence-electron chi connectivity index (χ3n) is 2.35. The van der Waals surface area contributed by atoms with Gasteiger partial charge in [-0.15, -0.1) is 4.91 Å². The highest BCUT2D eigenvalue weighted by Gasteiger charge is 2.30. The maximum absolute atomic E-state index is 11.8. The predicted molar refractivity (Wildman–Crippen MR) is 59.8 cm³/mol. The van der Waals surface area contributed by atoms with Crippen molar-refractivity contribution in [2.75, 3.05) is 19.6 Å². The fraction of sp³-hybridized carbons (Fsp3) is 0.900. The molecule has 1 atom stereocenters. The lowest BCUT2D eigenvalue weighted by atomic mass is 10.2. The Balaban J connectivity index is 2.55. The summed E-state index contributed by atoms with van der Waals surface area (Å²) in [5.41, 5.74) is -0.489. The van der Waals surface area contributed by atoms with E-state index in [1.807, 2.05) is 27.7 Å². The third kappa shape index (κ3) is 3.36. The van der Waals surface area contributed by atoms with E-state index in [9.17, 15) is 9.70 Å². The molecule has 0 spiro atoms. The van der Waals surface area contributed by atoms with Gasteiger partial charge in [-0.2, -0.15) is 0 Å². The molecule has 0 aromatic rings. The monoisotopic (exact) mass is 229 g/mol. The van der Waals surface area contributed by atoms with Crippen LogP contribution in [0, 0.1) is 4.91 Å². The van der Waals surface area contributed by atoms with Gasteiger partial charge < -0.3 is 9.64 Å². The molecule has 1 heterocycles. The Morgan fingerprint density at radius 2 is 2.00 bits per heavy atom. The lowest BCUT2D eigenvalue weighted by Crippen LogP contribution is -2.53. The molecule has 0 N–H and O–H groups in total. The van der Waals surface area contributed by atoms with Gasteiger partial charge in [0.05, 0.1) is 24.4 Å². The molecule has 0 saturated carbocycles. The lowest BCUT2D eigenvalue weighted by Gasteiger charge is -2.37. The van der Waals surface area contributed by atoms with Gasteiger partial charge in [-0.3, -0.25) is 5.01 Å². The maximum atomic E-state index is 11.8. The zero-order valence-corrected chi connectivity index (χ0v) is 10.3. The SMILES string of the molecule is C[C@@H]1CN(N=O)CCN1C(=O)OC(C)(C)C. The number of carbonyl (C=O) groups excluding carboxylic acids is 1. The Hall–Kier alpha value is -1.33. The zero-order chi connectivity index (χ0) is 12.3. The summed E-state index contributed by atoms with van der Waals surface area (Å²) in [4.78, 5) is 23.8. The maximum Gasteiger partial charge on any atom is 0.410 e. The number of amides is 1. The molecule has 1 fully saturated rings. The van der Waals surface area contributed by atoms with Crippen LogP contribution in [0.2, 0.25) is 0 Å². The Labute approximate surface area is 95.5 Å². The Bertz CT molecular complexity index is 275. The van der Waals surface area contributed by atoms with E-state index >= 15 is 0 Å². The molecule has 1 rings (SSSR count). The molecular weight excluding hydrogens is 210 g/mol. The summed E-state index contributed by atoms with van der Waals surface area (Å²) in [6, 6.07) is -0.0544. The van der Waals surface area contributed by atoms with Gasteiger partial charge in [-0.05, 0) is 27.7 Å². The van der Waals surface area contributed by atoms with Crippen LogP contribution in [-0.2, 0) is 4.74 Å². The van der Waals surface area contributed by atoms with Crippen molar-refractivity contribution in [3.05, 3.63) is 4.91 Å². The lowest BCUT2D eigenvalue weighted by molar-refractivity contribution is 0.00157. The van der Waals surface area contributed by atoms with Crippen molar-refractivity contribution in [2.45, 2.75) is 39.3 Å². The zero-order valence-electron chi connectivity index (χ0n) is 10.3. The molecule has 6 nitrogen and oxygen atoms in total. The van der Waals surface area contributed by atoms with Crippen molar-refractivity contribution in [1.29, 1.82) is 0 Å². The minimum Gasteiger partial charge on any atom is -0.444 e. The summed E-state index contributed by atoms with van der Waals surface area (Å²) >= 11 is 0. The van der Waals surface area contributed by atoms with Gasteiger partial charge >= 0.3 is 6.09 Å². The Morgan fingerprint density at radius 3 is 2.44 bits per heavy atom. The van der Waals surface area contributed by atoms with Gasteiger partial charge in [0.2, 0.25) is 0 Å². The topological polar surface area (TPSA) is 62.2 Å². The Kier molecular flexibility index (Phi) is 3.72. The quantitative estimate of drug-likeness (QED) is 0.641. The highest BCUT2D eigenvalue weighted by molar-refractivity contribution is 5.68. The van der Waals surface area contributed by atoms with E-state index < -0.39 is 5.60 Å². The molecule has 0 bridgehead atoms. The van der Waals surface area contributed by atoms with Gasteiger partial charge in [-0.1, -0.05) is 0 Å². The van der Waals surface area contributed by atoms with Crippen molar-refractivity contribution in [2.24, 2.45) is 5.29 Å². The van der Waals surface area contributed by atoms with Crippen LogP contribution in [0.1, 0.15) is 27.7 Å². The number of ether oxygens (including phenoxy) is 1. The van der Waals surface area contributed by atoms with E-state index in [0.717, 1.165) is 0 Å². The minimum absolute atomic E-state index is 0.0544. The number of nitroso groups, excluding NO2 is 1. The first-order valence-electron chi connectivity index (χ1n) is 5.41. The van der Waals surface area contributed by atoms with Crippen molar-refractivity contribution >= 4 is 6.09 Å². The molecule has 92 valence electrons. The normalized spacial score (nSPS) is 21.9. The molecule has 0 aliphatic carbocycles. The van der Waals surface area contributed by atoms with E-state index in [1.165, 1.54) is 5.01 Å². The van der Waals surface area contributed by atoms with E-state index in [2.05, 4.69) is 5.29 Å². The van der Waals surface area contributed by atoms with Crippen LogP contribution in [0.25, 0.3) is 0 Å². The van der Waals surface area contributed by atoms with Gasteiger partial charge in [0, 0.05) is 6.54 Å². The molecule has 6 heteroatoms. The van der Waals surface area contributed by atoms with E-state index in [0.29, 0.717) is 19.6 Å². The molecule has 1 aliphatic heterocycles. The molecular formula is C10H19N3O3. The van der Waals surface area contributed by atoms with Crippen LogP contribution >= 0.6 is 0 Å². The van der Waals surface area contributed by atoms with Crippen LogP contribution in [0.4, 0.5) is 4.79 Å². The molecule has 0 aromatic carbocycles. The van der Waals surface area contributed by atoms with Crippen molar-refractivity contribution in [3.63, 3.8) is 0 Å². The summed E-state index contributed by atoms with van der Waals surface area (Å²) in [5.74, 6) is 0. The standard InChI is InChI=1S/C10H19N3O3/c1-8-7-12(11-15)5-6-13(8)9(14)16-10(2,3)4/h8H,5-7H2,1-4H3/t8-/m1/s1. The number of hydrogen-bond acceptors (Lipinski definition) is 4. The highest BCUT2D eigenvalue weighted by atomic mass is 16.6. The smallest absolute Gasteiger partial charge is 0.410 e. The average Bonchev–Trinajstić information content (AvgIpc) is 2.14. The first-order valence-corrected chi connectivity index (χ1v) is 5.41. The van der Waals surface area contributed by atoms with Crippen molar-refractivity contribution in [3.8, 4) is 0 Å². The summed E-state index contributed by atoms with van der Waals surface area (Å²) in [6.45, 7) is 8.77. The van der Waals surface area contributed by atoms with Crippen LogP contribution in [0.3, 0.4) is 0 Å².